The summed E-state index contributed by atoms with van der Waals surface area (Å²) in [6, 6.07) is 15.8. The average molecular weight is 463 g/mol. The Balaban J connectivity index is 1.24. The van der Waals surface area contributed by atoms with Crippen LogP contribution < -0.4 is 5.32 Å². The van der Waals surface area contributed by atoms with Crippen LogP contribution in [-0.2, 0) is 17.6 Å². The summed E-state index contributed by atoms with van der Waals surface area (Å²) in [6.45, 7) is 4.89. The molecule has 1 N–H and O–H groups in total. The minimum atomic E-state index is -0.305. The lowest BCUT2D eigenvalue weighted by Crippen LogP contribution is -2.40. The number of morpholine rings is 1. The minimum absolute atomic E-state index is 0.144. The molecule has 0 radical (unpaired) electrons. The molecule has 1 atom stereocenters. The highest BCUT2D eigenvalue weighted by Gasteiger charge is 2.23. The monoisotopic (exact) mass is 462 g/mol. The number of nitrogens with one attached hydrogen (secondary N) is 1. The Hall–Kier alpha value is -2.80. The smallest absolute Gasteiger partial charge is 0.260 e. The molecule has 0 spiro atoms. The predicted octanol–water partition coefficient (Wildman–Crippen LogP) is 4.49. The fourth-order valence-corrected chi connectivity index (χ4v) is 4.87. The molecular weight excluding hydrogens is 436 g/mol. The van der Waals surface area contributed by atoms with Gasteiger partial charge in [0.15, 0.2) is 5.82 Å². The van der Waals surface area contributed by atoms with Gasteiger partial charge < -0.3 is 10.1 Å². The van der Waals surface area contributed by atoms with Crippen LogP contribution in [0.1, 0.15) is 27.9 Å². The molecule has 1 fully saturated rings. The van der Waals surface area contributed by atoms with Gasteiger partial charge in [0.2, 0.25) is 0 Å². The first-order valence-electron chi connectivity index (χ1n) is 11.5. The first-order chi connectivity index (χ1) is 16.2. The van der Waals surface area contributed by atoms with Gasteiger partial charge in [-0.25, -0.2) is 9.97 Å². The van der Waals surface area contributed by atoms with Crippen LogP contribution in [0, 0.1) is 5.92 Å². The molecule has 0 saturated carbocycles. The fourth-order valence-electron chi connectivity index (χ4n) is 4.65. The van der Waals surface area contributed by atoms with Crippen molar-refractivity contribution in [1.82, 2.24) is 14.9 Å². The van der Waals surface area contributed by atoms with Crippen LogP contribution in [0.2, 0.25) is 5.15 Å². The van der Waals surface area contributed by atoms with E-state index in [9.17, 15) is 4.79 Å². The number of ether oxygens (including phenoxy) is 1. The second kappa shape index (κ2) is 10.00. The summed E-state index contributed by atoms with van der Waals surface area (Å²) >= 11 is 6.33. The van der Waals surface area contributed by atoms with Gasteiger partial charge in [0.1, 0.15) is 5.15 Å². The Morgan fingerprint density at radius 1 is 1.12 bits per heavy atom. The van der Waals surface area contributed by atoms with Crippen molar-refractivity contribution in [2.24, 2.45) is 5.92 Å². The largest absolute Gasteiger partial charge is 0.379 e. The number of anilines is 1. The van der Waals surface area contributed by atoms with E-state index in [0.717, 1.165) is 56.9 Å². The van der Waals surface area contributed by atoms with Crippen molar-refractivity contribution in [2.45, 2.75) is 19.3 Å². The summed E-state index contributed by atoms with van der Waals surface area (Å²) < 4.78 is 5.46. The Kier molecular flexibility index (Phi) is 6.67. The normalized spacial score (nSPS) is 18.5. The zero-order valence-corrected chi connectivity index (χ0v) is 19.2. The molecule has 2 aromatic carbocycles. The van der Waals surface area contributed by atoms with Gasteiger partial charge in [-0.1, -0.05) is 48.0 Å². The average Bonchev–Trinajstić information content (AvgIpc) is 2.85. The van der Waals surface area contributed by atoms with E-state index < -0.39 is 0 Å². The van der Waals surface area contributed by atoms with Crippen LogP contribution in [-0.4, -0.2) is 53.6 Å². The van der Waals surface area contributed by atoms with Crippen molar-refractivity contribution in [2.75, 3.05) is 38.2 Å². The summed E-state index contributed by atoms with van der Waals surface area (Å²) in [5.74, 6) is 0.869. The standard InChI is InChI=1S/C26H27ClN4O2/c27-24-23(16-28-25(30-24)19-4-2-1-3-5-19)26(32)29-22-9-8-20-14-18(6-7-21(20)15-22)17-31-10-12-33-13-11-31/h1-5,8-9,15-16,18H,6-7,10-14,17H2,(H,29,32). The molecule has 0 bridgehead atoms. The van der Waals surface area contributed by atoms with Gasteiger partial charge >= 0.3 is 0 Å². The van der Waals surface area contributed by atoms with Crippen molar-refractivity contribution in [1.29, 1.82) is 0 Å². The van der Waals surface area contributed by atoms with Crippen LogP contribution in [0.5, 0.6) is 0 Å². The number of aromatic nitrogens is 2. The Bertz CT molecular complexity index is 1130. The van der Waals surface area contributed by atoms with Crippen molar-refractivity contribution in [3.8, 4) is 11.4 Å². The van der Waals surface area contributed by atoms with Gasteiger partial charge in [0, 0.05) is 37.1 Å². The summed E-state index contributed by atoms with van der Waals surface area (Å²) in [5.41, 5.74) is 4.58. The maximum atomic E-state index is 12.8. The second-order valence-electron chi connectivity index (χ2n) is 8.72. The van der Waals surface area contributed by atoms with E-state index in [1.54, 1.807) is 0 Å². The molecular formula is C26H27ClN4O2. The number of aryl methyl sites for hydroxylation is 1. The van der Waals surface area contributed by atoms with E-state index in [0.29, 0.717) is 11.7 Å². The molecule has 2 aliphatic rings. The topological polar surface area (TPSA) is 67.4 Å². The highest BCUT2D eigenvalue weighted by molar-refractivity contribution is 6.33. The van der Waals surface area contributed by atoms with E-state index in [1.807, 2.05) is 36.4 Å². The minimum Gasteiger partial charge on any atom is -0.379 e. The van der Waals surface area contributed by atoms with E-state index in [4.69, 9.17) is 16.3 Å². The van der Waals surface area contributed by atoms with Crippen LogP contribution in [0.25, 0.3) is 11.4 Å². The number of amides is 1. The van der Waals surface area contributed by atoms with Gasteiger partial charge in [-0.05, 0) is 48.4 Å². The lowest BCUT2D eigenvalue weighted by molar-refractivity contribution is 0.0297. The summed E-state index contributed by atoms with van der Waals surface area (Å²) in [4.78, 5) is 24.0. The van der Waals surface area contributed by atoms with Crippen LogP contribution in [0.4, 0.5) is 5.69 Å². The molecule has 1 aromatic heterocycles. The lowest BCUT2D eigenvalue weighted by Gasteiger charge is -2.33. The van der Waals surface area contributed by atoms with Gasteiger partial charge in [0.25, 0.3) is 5.91 Å². The number of fused-ring (bicyclic) bond motifs is 1. The molecule has 2 heterocycles. The number of hydrogen-bond acceptors (Lipinski definition) is 5. The lowest BCUT2D eigenvalue weighted by atomic mass is 9.83. The first-order valence-corrected chi connectivity index (χ1v) is 11.8. The SMILES string of the molecule is O=C(Nc1ccc2c(c1)CCC(CN1CCOCC1)C2)c1cnc(-c2ccccc2)nc1Cl. The molecule has 7 heteroatoms. The Labute approximate surface area is 199 Å². The maximum Gasteiger partial charge on any atom is 0.260 e. The zero-order chi connectivity index (χ0) is 22.6. The number of carbonyl (C=O) groups is 1. The molecule has 33 heavy (non-hydrogen) atoms. The number of nitrogens with zero attached hydrogens (tertiary/aromatic N) is 3. The van der Waals surface area contributed by atoms with E-state index in [-0.39, 0.29) is 16.6 Å². The highest BCUT2D eigenvalue weighted by atomic mass is 35.5. The summed E-state index contributed by atoms with van der Waals surface area (Å²) in [7, 11) is 0. The third-order valence-electron chi connectivity index (χ3n) is 6.43. The third-order valence-corrected chi connectivity index (χ3v) is 6.72. The van der Waals surface area contributed by atoms with Gasteiger partial charge in [-0.2, -0.15) is 0 Å². The fraction of sp³-hybridized carbons (Fsp3) is 0.346. The van der Waals surface area contributed by atoms with Crippen molar-refractivity contribution in [3.63, 3.8) is 0 Å². The third kappa shape index (κ3) is 5.24. The predicted molar refractivity (Wildman–Crippen MR) is 130 cm³/mol. The van der Waals surface area contributed by atoms with E-state index in [2.05, 4.69) is 32.3 Å². The molecule has 1 aliphatic heterocycles. The number of halogens is 1. The summed E-state index contributed by atoms with van der Waals surface area (Å²) in [6.07, 6.45) is 4.77. The van der Waals surface area contributed by atoms with Gasteiger partial charge in [-0.15, -0.1) is 0 Å². The van der Waals surface area contributed by atoms with Crippen LogP contribution in [0.3, 0.4) is 0 Å². The van der Waals surface area contributed by atoms with Gasteiger partial charge in [-0.3, -0.25) is 9.69 Å². The van der Waals surface area contributed by atoms with E-state index >= 15 is 0 Å². The summed E-state index contributed by atoms with van der Waals surface area (Å²) in [5, 5.41) is 3.10. The van der Waals surface area contributed by atoms with Crippen LogP contribution in [0.15, 0.2) is 54.7 Å². The number of rotatable bonds is 5. The molecule has 1 saturated heterocycles. The van der Waals surface area contributed by atoms with Crippen molar-refractivity contribution in [3.05, 3.63) is 76.6 Å². The first kappa shape index (κ1) is 22.0. The molecule has 3 aromatic rings. The van der Waals surface area contributed by atoms with Crippen molar-refractivity contribution < 1.29 is 9.53 Å². The molecule has 6 nitrogen and oxygen atoms in total. The number of carbonyl (C=O) groups excluding carboxylic acids is 1. The zero-order valence-electron chi connectivity index (χ0n) is 18.5. The molecule has 170 valence electrons. The Morgan fingerprint density at radius 2 is 1.94 bits per heavy atom. The second-order valence-corrected chi connectivity index (χ2v) is 9.08. The van der Waals surface area contributed by atoms with Gasteiger partial charge in [0.05, 0.1) is 18.8 Å². The molecule has 1 amide bonds. The highest BCUT2D eigenvalue weighted by Crippen LogP contribution is 2.29. The van der Waals surface area contributed by atoms with E-state index in [1.165, 1.54) is 23.7 Å². The molecule has 1 aliphatic carbocycles. The number of benzene rings is 2. The Morgan fingerprint density at radius 3 is 2.73 bits per heavy atom. The molecule has 1 unspecified atom stereocenters. The number of hydrogen-bond donors (Lipinski definition) is 1. The quantitative estimate of drug-likeness (QED) is 0.566. The maximum absolute atomic E-state index is 12.8. The molecule has 5 rings (SSSR count). The van der Waals surface area contributed by atoms with Crippen LogP contribution >= 0.6 is 11.6 Å². The van der Waals surface area contributed by atoms with Crippen molar-refractivity contribution >= 4 is 23.2 Å².